The normalized spacial score (nSPS) is 11.3. The van der Waals surface area contributed by atoms with Gasteiger partial charge in [0.15, 0.2) is 12.7 Å². The van der Waals surface area contributed by atoms with Gasteiger partial charge in [-0.15, -0.1) is 0 Å². The summed E-state index contributed by atoms with van der Waals surface area (Å²) in [4.78, 5) is 11.6. The fraction of sp³-hybridized carbons (Fsp3) is 0.500. The number of hydrogen-bond donors (Lipinski definition) is 2. The van der Waals surface area contributed by atoms with E-state index < -0.39 is 15.9 Å². The minimum atomic E-state index is -4.02. The predicted molar refractivity (Wildman–Crippen MR) is 65.1 cm³/mol. The Morgan fingerprint density at radius 3 is 2.84 bits per heavy atom. The van der Waals surface area contributed by atoms with Crippen LogP contribution in [0.15, 0.2) is 18.5 Å². The van der Waals surface area contributed by atoms with Crippen molar-refractivity contribution < 1.29 is 27.2 Å². The van der Waals surface area contributed by atoms with Gasteiger partial charge in [0.1, 0.15) is 11.9 Å². The second-order valence-corrected chi connectivity index (χ2v) is 5.29. The van der Waals surface area contributed by atoms with Crippen LogP contribution in [0, 0.1) is 0 Å². The summed E-state index contributed by atoms with van der Waals surface area (Å²) in [5.41, 5.74) is 0.360. The van der Waals surface area contributed by atoms with Crippen LogP contribution in [0.5, 0.6) is 0 Å². The monoisotopic (exact) mass is 290 g/mol. The number of carbonyl (C=O) groups excluding carboxylic acids is 1. The molecule has 106 valence electrons. The molecule has 0 spiro atoms. The number of hydrogen-bond acceptors (Lipinski definition) is 5. The standard InChI is InChI=1S/C10H15N3O5S/c1-18-6-3-11-10(14)9-2-4-13(12-8-9)5-7-19(15,16)17/h2,4,8H,3,5-7H2,1H3,(H-,11,14,15,16,17)/p+1. The molecule has 0 radical (unpaired) electrons. The molecule has 9 heteroatoms. The molecule has 0 atom stereocenters. The second kappa shape index (κ2) is 7.12. The zero-order valence-electron chi connectivity index (χ0n) is 10.4. The lowest BCUT2D eigenvalue weighted by atomic mass is 10.3. The molecule has 1 aromatic heterocycles. The van der Waals surface area contributed by atoms with Gasteiger partial charge in [0.2, 0.25) is 0 Å². The van der Waals surface area contributed by atoms with Gasteiger partial charge in [0, 0.05) is 19.7 Å². The van der Waals surface area contributed by atoms with E-state index in [-0.39, 0.29) is 12.5 Å². The summed E-state index contributed by atoms with van der Waals surface area (Å²) in [6.07, 6.45) is 2.79. The van der Waals surface area contributed by atoms with Crippen molar-refractivity contribution in [3.8, 4) is 0 Å². The van der Waals surface area contributed by atoms with Crippen LogP contribution in [0.4, 0.5) is 0 Å². The lowest BCUT2D eigenvalue weighted by Crippen LogP contribution is -2.41. The van der Waals surface area contributed by atoms with E-state index in [1.54, 1.807) is 0 Å². The number of methoxy groups -OCH3 is 1. The first-order valence-corrected chi connectivity index (χ1v) is 7.11. The van der Waals surface area contributed by atoms with Crippen LogP contribution < -0.4 is 10.00 Å². The lowest BCUT2D eigenvalue weighted by molar-refractivity contribution is -0.750. The number of aromatic nitrogens is 2. The molecule has 0 unspecified atom stereocenters. The smallest absolute Gasteiger partial charge is 0.271 e. The summed E-state index contributed by atoms with van der Waals surface area (Å²) in [6.45, 7) is 0.831. The van der Waals surface area contributed by atoms with Gasteiger partial charge in [0.05, 0.1) is 12.2 Å². The molecule has 0 aliphatic heterocycles. The summed E-state index contributed by atoms with van der Waals surface area (Å²) >= 11 is 0. The van der Waals surface area contributed by atoms with E-state index in [9.17, 15) is 13.2 Å². The summed E-state index contributed by atoms with van der Waals surface area (Å²) in [6, 6.07) is 1.51. The highest BCUT2D eigenvalue weighted by atomic mass is 32.2. The first kappa shape index (κ1) is 15.5. The molecule has 1 aromatic rings. The maximum atomic E-state index is 11.6. The van der Waals surface area contributed by atoms with Crippen molar-refractivity contribution in [3.63, 3.8) is 0 Å². The topological polar surface area (TPSA) is 109 Å². The minimum Gasteiger partial charge on any atom is -0.383 e. The predicted octanol–water partition coefficient (Wildman–Crippen LogP) is -1.37. The maximum absolute atomic E-state index is 11.6. The Balaban J connectivity index is 2.53. The zero-order chi connectivity index (χ0) is 14.3. The Labute approximate surface area is 111 Å². The zero-order valence-corrected chi connectivity index (χ0v) is 11.3. The van der Waals surface area contributed by atoms with E-state index in [0.29, 0.717) is 18.7 Å². The number of rotatable bonds is 7. The van der Waals surface area contributed by atoms with Crippen LogP contribution in [-0.4, -0.2) is 50.0 Å². The highest BCUT2D eigenvalue weighted by molar-refractivity contribution is 7.85. The van der Waals surface area contributed by atoms with E-state index in [2.05, 4.69) is 10.4 Å². The molecule has 0 aliphatic carbocycles. The Bertz CT molecular complexity index is 514. The van der Waals surface area contributed by atoms with Crippen molar-refractivity contribution in [2.24, 2.45) is 0 Å². The molecular weight excluding hydrogens is 274 g/mol. The van der Waals surface area contributed by atoms with E-state index in [1.165, 1.54) is 30.3 Å². The fourth-order valence-electron chi connectivity index (χ4n) is 1.23. The number of nitrogens with one attached hydrogen (secondary N) is 1. The summed E-state index contributed by atoms with van der Waals surface area (Å²) in [7, 11) is -2.48. The van der Waals surface area contributed by atoms with Crippen molar-refractivity contribution in [2.75, 3.05) is 26.0 Å². The first-order valence-electron chi connectivity index (χ1n) is 5.50. The second-order valence-electron chi connectivity index (χ2n) is 3.71. The van der Waals surface area contributed by atoms with E-state index in [4.69, 9.17) is 9.29 Å². The number of aryl methyl sites for hydroxylation is 1. The molecule has 1 rings (SSSR count). The molecule has 0 bridgehead atoms. The summed E-state index contributed by atoms with van der Waals surface area (Å²) < 4.78 is 35.8. The molecule has 8 nitrogen and oxygen atoms in total. The lowest BCUT2D eigenvalue weighted by Gasteiger charge is -2.02. The molecule has 0 saturated carbocycles. The minimum absolute atomic E-state index is 0.0183. The van der Waals surface area contributed by atoms with Gasteiger partial charge >= 0.3 is 0 Å². The van der Waals surface area contributed by atoms with Gasteiger partial charge in [-0.25, -0.2) is 0 Å². The molecule has 19 heavy (non-hydrogen) atoms. The van der Waals surface area contributed by atoms with Gasteiger partial charge in [-0.1, -0.05) is 4.68 Å². The van der Waals surface area contributed by atoms with Crippen molar-refractivity contribution in [3.05, 3.63) is 24.0 Å². The fourth-order valence-corrected chi connectivity index (χ4v) is 1.65. The largest absolute Gasteiger partial charge is 0.383 e. The molecule has 2 N–H and O–H groups in total. The van der Waals surface area contributed by atoms with Crippen molar-refractivity contribution in [2.45, 2.75) is 6.54 Å². The molecule has 0 saturated heterocycles. The number of carbonyl (C=O) groups is 1. The van der Waals surface area contributed by atoms with Gasteiger partial charge in [-0.05, 0) is 5.10 Å². The summed E-state index contributed by atoms with van der Waals surface area (Å²) in [5.74, 6) is -0.712. The SMILES string of the molecule is COCCNC(=O)c1cc[n+](CCS(=O)(=O)O)nc1. The highest BCUT2D eigenvalue weighted by Crippen LogP contribution is 1.92. The number of ether oxygens (including phenoxy) is 1. The van der Waals surface area contributed by atoms with Crippen molar-refractivity contribution in [1.29, 1.82) is 0 Å². The van der Waals surface area contributed by atoms with Gasteiger partial charge in [0.25, 0.3) is 16.0 Å². The van der Waals surface area contributed by atoms with Crippen LogP contribution in [0.1, 0.15) is 10.4 Å². The van der Waals surface area contributed by atoms with E-state index in [1.807, 2.05) is 0 Å². The van der Waals surface area contributed by atoms with Crippen LogP contribution in [0.25, 0.3) is 0 Å². The third kappa shape index (κ3) is 6.22. The molecule has 0 fully saturated rings. The van der Waals surface area contributed by atoms with Crippen molar-refractivity contribution in [1.82, 2.24) is 10.4 Å². The molecular formula is C10H16N3O5S+. The van der Waals surface area contributed by atoms with E-state index >= 15 is 0 Å². The Hall–Kier alpha value is -1.58. The van der Waals surface area contributed by atoms with Crippen LogP contribution >= 0.6 is 0 Å². The molecule has 1 amide bonds. The van der Waals surface area contributed by atoms with Gasteiger partial charge in [-0.3, -0.25) is 9.35 Å². The molecule has 0 aliphatic rings. The average molecular weight is 290 g/mol. The van der Waals surface area contributed by atoms with Crippen LogP contribution in [0.3, 0.4) is 0 Å². The third-order valence-electron chi connectivity index (χ3n) is 2.20. The van der Waals surface area contributed by atoms with Gasteiger partial charge < -0.3 is 10.1 Å². The molecule has 0 aromatic carbocycles. The number of nitrogens with zero attached hydrogens (tertiary/aromatic N) is 2. The Morgan fingerprint density at radius 1 is 1.58 bits per heavy atom. The van der Waals surface area contributed by atoms with Crippen LogP contribution in [0.2, 0.25) is 0 Å². The average Bonchev–Trinajstić information content (AvgIpc) is 2.36. The first-order chi connectivity index (χ1) is 8.92. The highest BCUT2D eigenvalue weighted by Gasteiger charge is 2.12. The Morgan fingerprint density at radius 2 is 2.32 bits per heavy atom. The summed E-state index contributed by atoms with van der Waals surface area (Å²) in [5, 5.41) is 6.51. The van der Waals surface area contributed by atoms with E-state index in [0.717, 1.165) is 0 Å². The maximum Gasteiger partial charge on any atom is 0.271 e. The number of amides is 1. The van der Waals surface area contributed by atoms with Crippen LogP contribution in [-0.2, 0) is 21.4 Å². The molecule has 1 heterocycles. The third-order valence-corrected chi connectivity index (χ3v) is 2.90. The Kier molecular flexibility index (Phi) is 5.80. The van der Waals surface area contributed by atoms with Crippen molar-refractivity contribution >= 4 is 16.0 Å². The van der Waals surface area contributed by atoms with Gasteiger partial charge in [-0.2, -0.15) is 8.42 Å². The quantitative estimate of drug-likeness (QED) is 0.364.